The van der Waals surface area contributed by atoms with Crippen LogP contribution >= 0.6 is 23.4 Å². The number of carbonyl (C=O) groups is 1. The molecule has 0 saturated heterocycles. The van der Waals surface area contributed by atoms with Crippen LogP contribution in [0.25, 0.3) is 28.0 Å². The second kappa shape index (κ2) is 9.84. The van der Waals surface area contributed by atoms with Gasteiger partial charge >= 0.3 is 0 Å². The van der Waals surface area contributed by atoms with Gasteiger partial charge in [-0.2, -0.15) is 0 Å². The second-order valence-electron chi connectivity index (χ2n) is 9.10. The molecular formula is C26H28ClN5OS. The molecule has 2 aromatic carbocycles. The van der Waals surface area contributed by atoms with E-state index < -0.39 is 0 Å². The largest absolute Gasteiger partial charge is 0.360 e. The number of amides is 1. The van der Waals surface area contributed by atoms with Crippen molar-refractivity contribution in [1.82, 2.24) is 25.1 Å². The molecule has 2 heterocycles. The molecule has 1 aliphatic carbocycles. The van der Waals surface area contributed by atoms with Crippen LogP contribution in [0.5, 0.6) is 0 Å². The maximum absolute atomic E-state index is 12.8. The fraction of sp³-hybridized carbons (Fsp3) is 0.346. The molecule has 34 heavy (non-hydrogen) atoms. The monoisotopic (exact) mass is 493 g/mol. The summed E-state index contributed by atoms with van der Waals surface area (Å²) in [5.74, 6) is 2.18. The van der Waals surface area contributed by atoms with Gasteiger partial charge in [0.15, 0.2) is 11.0 Å². The Morgan fingerprint density at radius 1 is 1.15 bits per heavy atom. The molecule has 1 saturated carbocycles. The van der Waals surface area contributed by atoms with Gasteiger partial charge in [-0.05, 0) is 48.6 Å². The summed E-state index contributed by atoms with van der Waals surface area (Å²) in [6.07, 6.45) is 5.41. The molecule has 1 fully saturated rings. The Balaban J connectivity index is 1.42. The van der Waals surface area contributed by atoms with E-state index in [0.717, 1.165) is 34.4 Å². The molecule has 2 N–H and O–H groups in total. The lowest BCUT2D eigenvalue weighted by molar-refractivity contribution is -0.120. The number of hydrogen-bond acceptors (Lipinski definition) is 4. The lowest BCUT2D eigenvalue weighted by atomic mass is 9.78. The Labute approximate surface area is 208 Å². The minimum Gasteiger partial charge on any atom is -0.360 e. The number of rotatable bonds is 6. The Hall–Kier alpha value is -2.77. The van der Waals surface area contributed by atoms with Crippen LogP contribution in [0, 0.1) is 11.8 Å². The first-order valence-corrected chi connectivity index (χ1v) is 13.1. The summed E-state index contributed by atoms with van der Waals surface area (Å²) in [5.41, 5.74) is 2.89. The van der Waals surface area contributed by atoms with Crippen molar-refractivity contribution in [2.75, 3.05) is 5.75 Å². The summed E-state index contributed by atoms with van der Waals surface area (Å²) >= 11 is 7.55. The van der Waals surface area contributed by atoms with Crippen molar-refractivity contribution in [3.05, 3.63) is 59.8 Å². The number of hydrogen-bond donors (Lipinski definition) is 2. The van der Waals surface area contributed by atoms with Gasteiger partial charge in [-0.1, -0.05) is 68.3 Å². The summed E-state index contributed by atoms with van der Waals surface area (Å²) in [6, 6.07) is 15.9. The van der Waals surface area contributed by atoms with E-state index in [1.54, 1.807) is 0 Å². The van der Waals surface area contributed by atoms with Crippen LogP contribution in [-0.4, -0.2) is 37.5 Å². The summed E-state index contributed by atoms with van der Waals surface area (Å²) in [6.45, 7) is 4.52. The van der Waals surface area contributed by atoms with Gasteiger partial charge in [0.25, 0.3) is 0 Å². The number of fused-ring (bicyclic) bond motifs is 1. The number of aromatic nitrogens is 4. The van der Waals surface area contributed by atoms with E-state index in [2.05, 4.69) is 40.4 Å². The average molecular weight is 494 g/mol. The van der Waals surface area contributed by atoms with Crippen molar-refractivity contribution in [3.63, 3.8) is 0 Å². The van der Waals surface area contributed by atoms with Gasteiger partial charge in [0.05, 0.1) is 5.75 Å². The van der Waals surface area contributed by atoms with Crippen molar-refractivity contribution in [2.45, 2.75) is 44.3 Å². The summed E-state index contributed by atoms with van der Waals surface area (Å²) in [7, 11) is 0. The molecule has 0 aliphatic heterocycles. The predicted octanol–water partition coefficient (Wildman–Crippen LogP) is 6.10. The number of para-hydroxylation sites is 1. The third-order valence-electron chi connectivity index (χ3n) is 6.93. The second-order valence-corrected chi connectivity index (χ2v) is 10.5. The Morgan fingerprint density at radius 3 is 2.76 bits per heavy atom. The first-order chi connectivity index (χ1) is 16.5. The average Bonchev–Trinajstić information content (AvgIpc) is 3.45. The van der Waals surface area contributed by atoms with Crippen molar-refractivity contribution in [1.29, 1.82) is 0 Å². The molecule has 0 bridgehead atoms. The van der Waals surface area contributed by atoms with Gasteiger partial charge in [0.1, 0.15) is 0 Å². The fourth-order valence-corrected chi connectivity index (χ4v) is 5.67. The van der Waals surface area contributed by atoms with Crippen molar-refractivity contribution >= 4 is 40.2 Å². The maximum atomic E-state index is 12.8. The van der Waals surface area contributed by atoms with Gasteiger partial charge < -0.3 is 10.3 Å². The Morgan fingerprint density at radius 2 is 1.94 bits per heavy atom. The molecule has 176 valence electrons. The van der Waals surface area contributed by atoms with Gasteiger partial charge in [0.2, 0.25) is 5.91 Å². The summed E-state index contributed by atoms with van der Waals surface area (Å²) in [5, 5.41) is 14.7. The molecule has 8 heteroatoms. The van der Waals surface area contributed by atoms with E-state index in [1.165, 1.54) is 24.6 Å². The van der Waals surface area contributed by atoms with Crippen LogP contribution < -0.4 is 5.32 Å². The van der Waals surface area contributed by atoms with E-state index in [0.29, 0.717) is 22.0 Å². The van der Waals surface area contributed by atoms with Crippen LogP contribution in [0.1, 0.15) is 33.1 Å². The molecule has 3 atom stereocenters. The highest BCUT2D eigenvalue weighted by Crippen LogP contribution is 2.33. The van der Waals surface area contributed by atoms with Crippen molar-refractivity contribution in [3.8, 4) is 17.1 Å². The normalized spacial score (nSPS) is 20.5. The first kappa shape index (κ1) is 23.0. The number of carbonyl (C=O) groups excluding carboxylic acids is 1. The molecule has 0 unspecified atom stereocenters. The zero-order valence-electron chi connectivity index (χ0n) is 19.3. The lowest BCUT2D eigenvalue weighted by Crippen LogP contribution is -2.44. The molecule has 5 rings (SSSR count). The van der Waals surface area contributed by atoms with Crippen molar-refractivity contribution in [2.24, 2.45) is 11.8 Å². The highest BCUT2D eigenvalue weighted by Gasteiger charge is 2.28. The Bertz CT molecular complexity index is 1300. The van der Waals surface area contributed by atoms with Crippen LogP contribution in [0.3, 0.4) is 0 Å². The standard InChI is InChI=1S/C26H28ClN5OS/c1-16-6-5-9-22(17(16)2)29-24(33)15-34-26-31-30-25(32(26)19-12-10-18(27)11-13-19)21-14-28-23-8-4-3-7-20(21)23/h3-4,7-8,10-14,16-17,22,28H,5-6,9,15H2,1-2H3,(H,29,33)/t16-,17-,22-/m1/s1. The molecule has 0 spiro atoms. The van der Waals surface area contributed by atoms with Crippen LogP contribution in [0.15, 0.2) is 59.9 Å². The van der Waals surface area contributed by atoms with Gasteiger partial charge in [-0.15, -0.1) is 10.2 Å². The minimum atomic E-state index is 0.0373. The van der Waals surface area contributed by atoms with E-state index >= 15 is 0 Å². The van der Waals surface area contributed by atoms with Gasteiger partial charge in [-0.3, -0.25) is 9.36 Å². The number of H-pyrrole nitrogens is 1. The zero-order valence-corrected chi connectivity index (χ0v) is 20.9. The molecule has 4 aromatic rings. The zero-order chi connectivity index (χ0) is 23.7. The maximum Gasteiger partial charge on any atom is 0.230 e. The predicted molar refractivity (Wildman–Crippen MR) is 138 cm³/mol. The third kappa shape index (κ3) is 4.59. The molecule has 1 amide bonds. The number of halogens is 1. The van der Waals surface area contributed by atoms with E-state index in [9.17, 15) is 4.79 Å². The quantitative estimate of drug-likeness (QED) is 0.318. The third-order valence-corrected chi connectivity index (χ3v) is 8.11. The molecule has 1 aliphatic rings. The molecular weight excluding hydrogens is 466 g/mol. The number of benzene rings is 2. The van der Waals surface area contributed by atoms with Crippen LogP contribution in [0.2, 0.25) is 5.02 Å². The summed E-state index contributed by atoms with van der Waals surface area (Å²) in [4.78, 5) is 16.1. The lowest BCUT2D eigenvalue weighted by Gasteiger charge is -2.34. The smallest absolute Gasteiger partial charge is 0.230 e. The van der Waals surface area contributed by atoms with Crippen LogP contribution in [-0.2, 0) is 4.79 Å². The Kier molecular flexibility index (Phi) is 6.66. The van der Waals surface area contributed by atoms with E-state index in [1.807, 2.05) is 53.2 Å². The molecule has 0 radical (unpaired) electrons. The molecule has 2 aromatic heterocycles. The highest BCUT2D eigenvalue weighted by atomic mass is 35.5. The van der Waals surface area contributed by atoms with Crippen LogP contribution in [0.4, 0.5) is 0 Å². The number of nitrogens with zero attached hydrogens (tertiary/aromatic N) is 3. The first-order valence-electron chi connectivity index (χ1n) is 11.7. The SMILES string of the molecule is C[C@@H]1[C@H](C)CCC[C@H]1NC(=O)CSc1nnc(-c2c[nH]c3ccccc23)n1-c1ccc(Cl)cc1. The van der Waals surface area contributed by atoms with Crippen molar-refractivity contribution < 1.29 is 4.79 Å². The number of aromatic amines is 1. The van der Waals surface area contributed by atoms with Gasteiger partial charge in [0, 0.05) is 39.4 Å². The van der Waals surface area contributed by atoms with E-state index in [-0.39, 0.29) is 17.7 Å². The number of thioether (sulfide) groups is 1. The minimum absolute atomic E-state index is 0.0373. The van der Waals surface area contributed by atoms with Gasteiger partial charge in [-0.25, -0.2) is 0 Å². The molecule has 6 nitrogen and oxygen atoms in total. The number of nitrogens with one attached hydrogen (secondary N) is 2. The van der Waals surface area contributed by atoms with E-state index in [4.69, 9.17) is 11.6 Å². The topological polar surface area (TPSA) is 75.6 Å². The fourth-order valence-electron chi connectivity index (χ4n) is 4.78. The highest BCUT2D eigenvalue weighted by molar-refractivity contribution is 7.99. The summed E-state index contributed by atoms with van der Waals surface area (Å²) < 4.78 is 2.00.